The van der Waals surface area contributed by atoms with Gasteiger partial charge in [-0.2, -0.15) is 0 Å². The van der Waals surface area contributed by atoms with Gasteiger partial charge in [-0.25, -0.2) is 0 Å². The van der Waals surface area contributed by atoms with Crippen molar-refractivity contribution in [3.05, 3.63) is 12.7 Å². The quantitative estimate of drug-likeness (QED) is 0.615. The standard InChI is InChI=1S/C13H27N/c1-7-9-13(11(5)6)14-12(8-2)10(3)4/h7,10-14H,1,8-9H2,2-6H3. The molecular formula is C13H27N. The van der Waals surface area contributed by atoms with Crippen molar-refractivity contribution in [3.63, 3.8) is 0 Å². The van der Waals surface area contributed by atoms with Crippen molar-refractivity contribution in [1.29, 1.82) is 0 Å². The summed E-state index contributed by atoms with van der Waals surface area (Å²) >= 11 is 0. The second-order valence-electron chi connectivity index (χ2n) is 4.80. The molecule has 2 unspecified atom stereocenters. The minimum atomic E-state index is 0.583. The fourth-order valence-electron chi connectivity index (χ4n) is 1.77. The Kier molecular flexibility index (Phi) is 6.90. The minimum Gasteiger partial charge on any atom is -0.310 e. The van der Waals surface area contributed by atoms with Crippen LogP contribution in [0, 0.1) is 11.8 Å². The maximum Gasteiger partial charge on any atom is 0.0127 e. The third-order valence-electron chi connectivity index (χ3n) is 2.90. The van der Waals surface area contributed by atoms with Crippen LogP contribution in [0.5, 0.6) is 0 Å². The van der Waals surface area contributed by atoms with Gasteiger partial charge in [0.1, 0.15) is 0 Å². The Hall–Kier alpha value is -0.300. The zero-order chi connectivity index (χ0) is 11.1. The molecule has 2 atom stereocenters. The predicted octanol–water partition coefficient (Wildman–Crippen LogP) is 3.61. The lowest BCUT2D eigenvalue weighted by atomic mass is 9.95. The summed E-state index contributed by atoms with van der Waals surface area (Å²) in [5.74, 6) is 1.40. The van der Waals surface area contributed by atoms with Crippen LogP contribution in [0.3, 0.4) is 0 Å². The highest BCUT2D eigenvalue weighted by molar-refractivity contribution is 4.83. The average molecular weight is 197 g/mol. The van der Waals surface area contributed by atoms with Gasteiger partial charge >= 0.3 is 0 Å². The maximum atomic E-state index is 3.82. The molecule has 0 aliphatic rings. The van der Waals surface area contributed by atoms with E-state index >= 15 is 0 Å². The molecule has 0 aromatic rings. The molecule has 14 heavy (non-hydrogen) atoms. The number of nitrogens with one attached hydrogen (secondary N) is 1. The fourth-order valence-corrected chi connectivity index (χ4v) is 1.77. The van der Waals surface area contributed by atoms with Crippen molar-refractivity contribution in [2.45, 2.75) is 59.5 Å². The van der Waals surface area contributed by atoms with Crippen molar-refractivity contribution in [2.24, 2.45) is 11.8 Å². The molecule has 1 heteroatoms. The van der Waals surface area contributed by atoms with E-state index in [2.05, 4.69) is 46.5 Å². The van der Waals surface area contributed by atoms with Gasteiger partial charge in [-0.15, -0.1) is 6.58 Å². The molecular weight excluding hydrogens is 170 g/mol. The van der Waals surface area contributed by atoms with Crippen LogP contribution >= 0.6 is 0 Å². The fraction of sp³-hybridized carbons (Fsp3) is 0.846. The first kappa shape index (κ1) is 13.7. The smallest absolute Gasteiger partial charge is 0.0127 e. The summed E-state index contributed by atoms with van der Waals surface area (Å²) in [5.41, 5.74) is 0. The Balaban J connectivity index is 4.17. The number of hydrogen-bond donors (Lipinski definition) is 1. The molecule has 0 bridgehead atoms. The lowest BCUT2D eigenvalue weighted by Gasteiger charge is -2.29. The van der Waals surface area contributed by atoms with E-state index in [0.29, 0.717) is 23.9 Å². The van der Waals surface area contributed by atoms with E-state index in [1.165, 1.54) is 6.42 Å². The molecule has 0 aromatic carbocycles. The Morgan fingerprint density at radius 2 is 1.57 bits per heavy atom. The summed E-state index contributed by atoms with van der Waals surface area (Å²) in [6.07, 6.45) is 4.30. The minimum absolute atomic E-state index is 0.583. The van der Waals surface area contributed by atoms with Crippen LogP contribution in [-0.2, 0) is 0 Å². The summed E-state index contributed by atoms with van der Waals surface area (Å²) in [5, 5.41) is 3.73. The van der Waals surface area contributed by atoms with Crippen LogP contribution < -0.4 is 5.32 Å². The molecule has 0 saturated heterocycles. The van der Waals surface area contributed by atoms with Crippen LogP contribution in [0.15, 0.2) is 12.7 Å². The summed E-state index contributed by atoms with van der Waals surface area (Å²) in [6.45, 7) is 15.2. The third kappa shape index (κ3) is 4.80. The molecule has 0 spiro atoms. The normalized spacial score (nSPS) is 15.9. The Morgan fingerprint density at radius 3 is 1.86 bits per heavy atom. The molecule has 0 radical (unpaired) electrons. The monoisotopic (exact) mass is 197 g/mol. The summed E-state index contributed by atoms with van der Waals surface area (Å²) in [6, 6.07) is 1.22. The van der Waals surface area contributed by atoms with Crippen molar-refractivity contribution in [2.75, 3.05) is 0 Å². The van der Waals surface area contributed by atoms with Gasteiger partial charge in [0.2, 0.25) is 0 Å². The molecule has 0 fully saturated rings. The van der Waals surface area contributed by atoms with E-state index in [-0.39, 0.29) is 0 Å². The summed E-state index contributed by atoms with van der Waals surface area (Å²) in [7, 11) is 0. The zero-order valence-electron chi connectivity index (χ0n) is 10.5. The van der Waals surface area contributed by atoms with Crippen LogP contribution in [-0.4, -0.2) is 12.1 Å². The highest BCUT2D eigenvalue weighted by Gasteiger charge is 2.17. The second-order valence-corrected chi connectivity index (χ2v) is 4.80. The Morgan fingerprint density at radius 1 is 1.07 bits per heavy atom. The lowest BCUT2D eigenvalue weighted by Crippen LogP contribution is -2.43. The zero-order valence-corrected chi connectivity index (χ0v) is 10.5. The SMILES string of the molecule is C=CCC(NC(CC)C(C)C)C(C)C. The molecule has 0 rings (SSSR count). The van der Waals surface area contributed by atoms with Crippen molar-refractivity contribution >= 4 is 0 Å². The molecule has 0 amide bonds. The van der Waals surface area contributed by atoms with Gasteiger partial charge in [0, 0.05) is 12.1 Å². The van der Waals surface area contributed by atoms with Crippen molar-refractivity contribution in [3.8, 4) is 0 Å². The number of hydrogen-bond acceptors (Lipinski definition) is 1. The summed E-state index contributed by atoms with van der Waals surface area (Å²) in [4.78, 5) is 0. The molecule has 1 N–H and O–H groups in total. The Bertz CT molecular complexity index is 149. The van der Waals surface area contributed by atoms with Crippen LogP contribution in [0.25, 0.3) is 0 Å². The molecule has 84 valence electrons. The van der Waals surface area contributed by atoms with Gasteiger partial charge in [-0.05, 0) is 24.7 Å². The van der Waals surface area contributed by atoms with Gasteiger partial charge < -0.3 is 5.32 Å². The van der Waals surface area contributed by atoms with Gasteiger partial charge in [0.05, 0.1) is 0 Å². The van der Waals surface area contributed by atoms with E-state index in [9.17, 15) is 0 Å². The Labute approximate surface area is 90.0 Å². The van der Waals surface area contributed by atoms with Crippen LogP contribution in [0.2, 0.25) is 0 Å². The van der Waals surface area contributed by atoms with Gasteiger partial charge in [0.25, 0.3) is 0 Å². The van der Waals surface area contributed by atoms with Crippen molar-refractivity contribution < 1.29 is 0 Å². The first-order chi connectivity index (χ1) is 6.52. The van der Waals surface area contributed by atoms with Gasteiger partial charge in [-0.1, -0.05) is 40.7 Å². The first-order valence-corrected chi connectivity index (χ1v) is 5.89. The summed E-state index contributed by atoms with van der Waals surface area (Å²) < 4.78 is 0. The largest absolute Gasteiger partial charge is 0.310 e. The lowest BCUT2D eigenvalue weighted by molar-refractivity contribution is 0.299. The highest BCUT2D eigenvalue weighted by Crippen LogP contribution is 2.12. The van der Waals surface area contributed by atoms with Crippen LogP contribution in [0.4, 0.5) is 0 Å². The molecule has 0 aromatic heterocycles. The third-order valence-corrected chi connectivity index (χ3v) is 2.90. The first-order valence-electron chi connectivity index (χ1n) is 5.89. The van der Waals surface area contributed by atoms with Gasteiger partial charge in [-0.3, -0.25) is 0 Å². The van der Waals surface area contributed by atoms with E-state index in [0.717, 1.165) is 6.42 Å². The molecule has 1 nitrogen and oxygen atoms in total. The van der Waals surface area contributed by atoms with Crippen molar-refractivity contribution in [1.82, 2.24) is 5.32 Å². The number of rotatable bonds is 7. The maximum absolute atomic E-state index is 3.82. The molecule has 0 aliphatic carbocycles. The van der Waals surface area contributed by atoms with Gasteiger partial charge in [0.15, 0.2) is 0 Å². The average Bonchev–Trinajstić information content (AvgIpc) is 2.11. The predicted molar refractivity (Wildman–Crippen MR) is 65.5 cm³/mol. The molecule has 0 heterocycles. The highest BCUT2D eigenvalue weighted by atomic mass is 15.0. The van der Waals surface area contributed by atoms with E-state index in [4.69, 9.17) is 0 Å². The van der Waals surface area contributed by atoms with E-state index in [1.807, 2.05) is 6.08 Å². The molecule has 0 aliphatic heterocycles. The second kappa shape index (κ2) is 7.05. The van der Waals surface area contributed by atoms with E-state index in [1.54, 1.807) is 0 Å². The van der Waals surface area contributed by atoms with Crippen LogP contribution in [0.1, 0.15) is 47.5 Å². The molecule has 0 saturated carbocycles. The van der Waals surface area contributed by atoms with E-state index < -0.39 is 0 Å². The topological polar surface area (TPSA) is 12.0 Å².